The number of aromatic nitrogens is 2. The SMILES string of the molecule is Cc1cc(CCNC(=O)NC(C)(CO)CO)ccc1Cc1c(OC2OC(CO)[C@@H](O)C(O)[C@H]2O)n[nH]c1C(C)C. The number of H-pyrrole nitrogens is 1. The molecule has 1 fully saturated rings. The molecule has 13 heteroatoms. The van der Waals surface area contributed by atoms with Crippen molar-refractivity contribution in [1.29, 1.82) is 0 Å². The largest absolute Gasteiger partial charge is 0.443 e. The third-order valence-corrected chi connectivity index (χ3v) is 7.10. The summed E-state index contributed by atoms with van der Waals surface area (Å²) in [6.45, 7) is 6.53. The van der Waals surface area contributed by atoms with Crippen LogP contribution in [-0.4, -0.2) is 109 Å². The summed E-state index contributed by atoms with van der Waals surface area (Å²) in [5.41, 5.74) is 3.48. The van der Waals surface area contributed by atoms with Crippen LogP contribution >= 0.6 is 0 Å². The van der Waals surface area contributed by atoms with Crippen LogP contribution < -0.4 is 15.4 Å². The number of carbonyl (C=O) groups is 1. The molecule has 224 valence electrons. The Morgan fingerprint density at radius 2 is 1.85 bits per heavy atom. The maximum Gasteiger partial charge on any atom is 0.315 e. The van der Waals surface area contributed by atoms with Crippen LogP contribution in [0.2, 0.25) is 0 Å². The Balaban J connectivity index is 1.70. The highest BCUT2D eigenvalue weighted by Crippen LogP contribution is 2.32. The molecule has 5 atom stereocenters. The van der Waals surface area contributed by atoms with Gasteiger partial charge in [0.15, 0.2) is 0 Å². The molecule has 0 saturated carbocycles. The van der Waals surface area contributed by atoms with Gasteiger partial charge in [0.25, 0.3) is 0 Å². The van der Waals surface area contributed by atoms with Crippen molar-refractivity contribution in [3.05, 3.63) is 46.1 Å². The van der Waals surface area contributed by atoms with Crippen LogP contribution in [-0.2, 0) is 17.6 Å². The smallest absolute Gasteiger partial charge is 0.315 e. The molecule has 2 heterocycles. The third kappa shape index (κ3) is 7.49. The minimum atomic E-state index is -1.56. The fourth-order valence-corrected chi connectivity index (χ4v) is 4.45. The van der Waals surface area contributed by atoms with Gasteiger partial charge in [-0.1, -0.05) is 32.0 Å². The lowest BCUT2D eigenvalue weighted by Gasteiger charge is -2.39. The first-order chi connectivity index (χ1) is 18.9. The Hall–Kier alpha value is -2.78. The average Bonchev–Trinajstić information content (AvgIpc) is 3.32. The van der Waals surface area contributed by atoms with E-state index in [0.29, 0.717) is 19.4 Å². The second-order valence-electron chi connectivity index (χ2n) is 10.8. The standard InChI is InChI=1S/C27H42N4O9/c1-14(2)20-18(24(31-30-20)40-25-23(37)22(36)21(35)19(11-32)39-25)10-17-6-5-16(9-15(17)3)7-8-28-26(38)29-27(4,12-33)13-34/h5-6,9,14,19,21-23,25,32-37H,7-8,10-13H2,1-4H3,(H,30,31)(H2,28,29,38)/t19?,21-,22?,23-,25?/m1/s1. The van der Waals surface area contributed by atoms with Gasteiger partial charge in [0.1, 0.15) is 24.4 Å². The van der Waals surface area contributed by atoms with Gasteiger partial charge >= 0.3 is 6.03 Å². The van der Waals surface area contributed by atoms with Gasteiger partial charge in [0.2, 0.25) is 12.2 Å². The quantitative estimate of drug-likeness (QED) is 0.156. The predicted octanol–water partition coefficient (Wildman–Crippen LogP) is -0.804. The molecule has 1 aromatic carbocycles. The maximum atomic E-state index is 12.1. The number of nitrogens with one attached hydrogen (secondary N) is 3. The van der Waals surface area contributed by atoms with Crippen molar-refractivity contribution in [2.24, 2.45) is 0 Å². The molecule has 0 bridgehead atoms. The number of aliphatic hydroxyl groups is 6. The van der Waals surface area contributed by atoms with Gasteiger partial charge in [0, 0.05) is 24.2 Å². The van der Waals surface area contributed by atoms with Crippen molar-refractivity contribution in [1.82, 2.24) is 20.8 Å². The highest BCUT2D eigenvalue weighted by Gasteiger charge is 2.45. The number of benzene rings is 1. The van der Waals surface area contributed by atoms with Crippen molar-refractivity contribution in [2.45, 2.75) is 82.7 Å². The molecule has 0 aliphatic carbocycles. The van der Waals surface area contributed by atoms with Crippen LogP contribution in [0.4, 0.5) is 4.79 Å². The van der Waals surface area contributed by atoms with Gasteiger partial charge in [-0.15, -0.1) is 5.10 Å². The van der Waals surface area contributed by atoms with Crippen LogP contribution in [0.3, 0.4) is 0 Å². The third-order valence-electron chi connectivity index (χ3n) is 7.10. The first kappa shape index (κ1) is 31.7. The summed E-state index contributed by atoms with van der Waals surface area (Å²) in [6, 6.07) is 5.48. The topological polar surface area (TPSA) is 210 Å². The molecule has 2 aromatic rings. The average molecular weight is 567 g/mol. The van der Waals surface area contributed by atoms with E-state index in [1.54, 1.807) is 6.92 Å². The lowest BCUT2D eigenvalue weighted by atomic mass is 9.95. The molecule has 1 aliphatic heterocycles. The van der Waals surface area contributed by atoms with Crippen LogP contribution in [0, 0.1) is 6.92 Å². The van der Waals surface area contributed by atoms with Crippen molar-refractivity contribution >= 4 is 6.03 Å². The van der Waals surface area contributed by atoms with Gasteiger partial charge in [-0.25, -0.2) is 4.79 Å². The van der Waals surface area contributed by atoms with E-state index in [9.17, 15) is 35.4 Å². The van der Waals surface area contributed by atoms with E-state index in [0.717, 1.165) is 27.9 Å². The zero-order valence-corrected chi connectivity index (χ0v) is 23.3. The number of hydrogen-bond donors (Lipinski definition) is 9. The molecule has 9 N–H and O–H groups in total. The highest BCUT2D eigenvalue weighted by atomic mass is 16.7. The number of nitrogens with zero attached hydrogens (tertiary/aromatic N) is 1. The van der Waals surface area contributed by atoms with Gasteiger partial charge in [-0.2, -0.15) is 0 Å². The molecule has 0 spiro atoms. The van der Waals surface area contributed by atoms with E-state index in [1.807, 2.05) is 39.0 Å². The zero-order chi connectivity index (χ0) is 29.6. The Morgan fingerprint density at radius 3 is 2.45 bits per heavy atom. The monoisotopic (exact) mass is 566 g/mol. The number of amides is 2. The summed E-state index contributed by atoms with van der Waals surface area (Å²) in [6.07, 6.45) is -6.04. The van der Waals surface area contributed by atoms with E-state index in [2.05, 4.69) is 20.8 Å². The summed E-state index contributed by atoms with van der Waals surface area (Å²) in [4.78, 5) is 12.1. The molecule has 0 radical (unpaired) electrons. The first-order valence-electron chi connectivity index (χ1n) is 13.3. The summed E-state index contributed by atoms with van der Waals surface area (Å²) in [7, 11) is 0. The fraction of sp³-hybridized carbons (Fsp3) is 0.630. The summed E-state index contributed by atoms with van der Waals surface area (Å²) >= 11 is 0. The second kappa shape index (κ2) is 13.7. The molecule has 13 nitrogen and oxygen atoms in total. The van der Waals surface area contributed by atoms with Crippen LogP contribution in [0.1, 0.15) is 54.6 Å². The lowest BCUT2D eigenvalue weighted by molar-refractivity contribution is -0.278. The van der Waals surface area contributed by atoms with E-state index < -0.39 is 48.9 Å². The number of aromatic amines is 1. The molecule has 1 aromatic heterocycles. The molecular weight excluding hydrogens is 524 g/mol. The number of hydrogen-bond acceptors (Lipinski definition) is 10. The number of carbonyl (C=O) groups excluding carboxylic acids is 1. The van der Waals surface area contributed by atoms with Crippen LogP contribution in [0.15, 0.2) is 18.2 Å². The summed E-state index contributed by atoms with van der Waals surface area (Å²) in [5.74, 6) is 0.259. The minimum absolute atomic E-state index is 0.0740. The molecule has 2 amide bonds. The lowest BCUT2D eigenvalue weighted by Crippen LogP contribution is -2.60. The molecule has 40 heavy (non-hydrogen) atoms. The van der Waals surface area contributed by atoms with E-state index >= 15 is 0 Å². The normalized spacial score (nSPS) is 23.3. The van der Waals surface area contributed by atoms with Crippen LogP contribution in [0.5, 0.6) is 5.88 Å². The number of rotatable bonds is 12. The number of aliphatic hydroxyl groups excluding tert-OH is 6. The minimum Gasteiger partial charge on any atom is -0.443 e. The Labute approximate surface area is 233 Å². The molecule has 1 saturated heterocycles. The number of ether oxygens (including phenoxy) is 2. The van der Waals surface area contributed by atoms with Gasteiger partial charge in [-0.05, 0) is 42.9 Å². The van der Waals surface area contributed by atoms with Crippen molar-refractivity contribution in [3.63, 3.8) is 0 Å². The summed E-state index contributed by atoms with van der Waals surface area (Å²) < 4.78 is 11.4. The molecular formula is C27H42N4O9. The Bertz CT molecular complexity index is 1120. The Morgan fingerprint density at radius 1 is 1.15 bits per heavy atom. The Kier molecular flexibility index (Phi) is 10.9. The van der Waals surface area contributed by atoms with E-state index in [1.165, 1.54) is 0 Å². The maximum absolute atomic E-state index is 12.1. The van der Waals surface area contributed by atoms with E-state index in [-0.39, 0.29) is 25.0 Å². The van der Waals surface area contributed by atoms with Crippen LogP contribution in [0.25, 0.3) is 0 Å². The summed E-state index contributed by atoms with van der Waals surface area (Å²) in [5, 5.41) is 71.3. The zero-order valence-electron chi connectivity index (χ0n) is 23.3. The van der Waals surface area contributed by atoms with Crippen molar-refractivity contribution in [2.75, 3.05) is 26.4 Å². The van der Waals surface area contributed by atoms with Gasteiger partial charge < -0.3 is 50.7 Å². The number of aryl methyl sites for hydroxylation is 1. The second-order valence-corrected chi connectivity index (χ2v) is 10.8. The van der Waals surface area contributed by atoms with Crippen molar-refractivity contribution in [3.8, 4) is 5.88 Å². The van der Waals surface area contributed by atoms with Gasteiger partial charge in [0.05, 0.1) is 25.4 Å². The number of urea groups is 1. The van der Waals surface area contributed by atoms with Crippen molar-refractivity contribution < 1.29 is 44.9 Å². The first-order valence-corrected chi connectivity index (χ1v) is 13.3. The predicted molar refractivity (Wildman–Crippen MR) is 144 cm³/mol. The van der Waals surface area contributed by atoms with E-state index in [4.69, 9.17) is 9.47 Å². The fourth-order valence-electron chi connectivity index (χ4n) is 4.45. The van der Waals surface area contributed by atoms with Gasteiger partial charge in [-0.3, -0.25) is 5.10 Å². The molecule has 1 aliphatic rings. The molecule has 3 unspecified atom stereocenters. The highest BCUT2D eigenvalue weighted by molar-refractivity contribution is 5.74. The molecule has 3 rings (SSSR count).